The van der Waals surface area contributed by atoms with Gasteiger partial charge in [0, 0.05) is 25.6 Å². The number of hydrogen-bond donors (Lipinski definition) is 1. The molecule has 0 saturated heterocycles. The summed E-state index contributed by atoms with van der Waals surface area (Å²) in [6, 6.07) is 4.01. The van der Waals surface area contributed by atoms with Crippen molar-refractivity contribution in [2.45, 2.75) is 19.3 Å². The van der Waals surface area contributed by atoms with Gasteiger partial charge >= 0.3 is 5.97 Å². The van der Waals surface area contributed by atoms with E-state index in [9.17, 15) is 14.0 Å². The highest BCUT2D eigenvalue weighted by Crippen LogP contribution is 2.20. The lowest BCUT2D eigenvalue weighted by Gasteiger charge is -2.17. The van der Waals surface area contributed by atoms with Gasteiger partial charge in [-0.2, -0.15) is 0 Å². The maximum atomic E-state index is 13.2. The summed E-state index contributed by atoms with van der Waals surface area (Å²) in [6.07, 6.45) is 0.420. The molecule has 6 heteroatoms. The molecule has 20 heavy (non-hydrogen) atoms. The number of aliphatic carboxylic acids is 1. The van der Waals surface area contributed by atoms with Gasteiger partial charge in [-0.1, -0.05) is 0 Å². The first-order valence-corrected chi connectivity index (χ1v) is 6.22. The van der Waals surface area contributed by atoms with Gasteiger partial charge < -0.3 is 14.7 Å². The Morgan fingerprint density at radius 3 is 2.70 bits per heavy atom. The van der Waals surface area contributed by atoms with Gasteiger partial charge in [0.2, 0.25) is 5.91 Å². The summed E-state index contributed by atoms with van der Waals surface area (Å²) in [5, 5.41) is 8.54. The fourth-order valence-corrected chi connectivity index (χ4v) is 1.78. The lowest BCUT2D eigenvalue weighted by Crippen LogP contribution is -2.29. The normalized spacial score (nSPS) is 10.2. The minimum atomic E-state index is -0.891. The number of ether oxygens (including phenoxy) is 1. The lowest BCUT2D eigenvalue weighted by atomic mass is 10.1. The summed E-state index contributed by atoms with van der Waals surface area (Å²) in [5.41, 5.74) is 0.475. The first-order chi connectivity index (χ1) is 9.43. The summed E-state index contributed by atoms with van der Waals surface area (Å²) in [7, 11) is 3.05. The number of halogens is 1. The molecule has 0 unspecified atom stereocenters. The zero-order chi connectivity index (χ0) is 15.1. The quantitative estimate of drug-likeness (QED) is 0.827. The second-order valence-electron chi connectivity index (χ2n) is 4.45. The third-order valence-corrected chi connectivity index (χ3v) is 2.89. The van der Waals surface area contributed by atoms with Crippen molar-refractivity contribution in [2.24, 2.45) is 0 Å². The number of amides is 1. The van der Waals surface area contributed by atoms with E-state index in [1.54, 1.807) is 7.05 Å². The average molecular weight is 283 g/mol. The molecule has 0 aliphatic rings. The molecule has 1 rings (SSSR count). The van der Waals surface area contributed by atoms with Crippen LogP contribution in [0, 0.1) is 5.82 Å². The van der Waals surface area contributed by atoms with Crippen LogP contribution in [0.2, 0.25) is 0 Å². The van der Waals surface area contributed by atoms with Gasteiger partial charge in [-0.3, -0.25) is 9.59 Å². The number of hydrogen-bond acceptors (Lipinski definition) is 3. The van der Waals surface area contributed by atoms with E-state index in [0.29, 0.717) is 24.3 Å². The molecule has 110 valence electrons. The van der Waals surface area contributed by atoms with E-state index >= 15 is 0 Å². The topological polar surface area (TPSA) is 66.8 Å². The van der Waals surface area contributed by atoms with Crippen molar-refractivity contribution < 1.29 is 23.8 Å². The van der Waals surface area contributed by atoms with Crippen LogP contribution >= 0.6 is 0 Å². The van der Waals surface area contributed by atoms with E-state index < -0.39 is 11.8 Å². The molecular weight excluding hydrogens is 265 g/mol. The molecule has 0 spiro atoms. The smallest absolute Gasteiger partial charge is 0.303 e. The summed E-state index contributed by atoms with van der Waals surface area (Å²) in [6.45, 7) is 0.350. The Morgan fingerprint density at radius 2 is 2.10 bits per heavy atom. The predicted octanol–water partition coefficient (Wildman–Crippen LogP) is 1.70. The average Bonchev–Trinajstić information content (AvgIpc) is 2.38. The van der Waals surface area contributed by atoms with Crippen LogP contribution in [0.1, 0.15) is 18.4 Å². The summed E-state index contributed by atoms with van der Waals surface area (Å²) >= 11 is 0. The summed E-state index contributed by atoms with van der Waals surface area (Å²) in [4.78, 5) is 23.8. The van der Waals surface area contributed by atoms with Gasteiger partial charge in [-0.25, -0.2) is 4.39 Å². The Bertz CT molecular complexity index is 490. The van der Waals surface area contributed by atoms with E-state index in [0.717, 1.165) is 0 Å². The van der Waals surface area contributed by atoms with Crippen LogP contribution in [0.15, 0.2) is 18.2 Å². The second-order valence-corrected chi connectivity index (χ2v) is 4.45. The van der Waals surface area contributed by atoms with Gasteiger partial charge in [-0.05, 0) is 24.6 Å². The first kappa shape index (κ1) is 15.9. The molecule has 0 aromatic heterocycles. The number of likely N-dealkylation sites (N-methyl/N-ethyl adjacent to an activating group) is 1. The Morgan fingerprint density at radius 1 is 1.40 bits per heavy atom. The Labute approximate surface area is 117 Å². The number of carbonyl (C=O) groups excluding carboxylic acids is 1. The third kappa shape index (κ3) is 4.87. The third-order valence-electron chi connectivity index (χ3n) is 2.89. The maximum absolute atomic E-state index is 13.2. The minimum absolute atomic E-state index is 0.0148. The zero-order valence-corrected chi connectivity index (χ0v) is 11.6. The molecule has 1 aromatic carbocycles. The van der Waals surface area contributed by atoms with Gasteiger partial charge in [-0.15, -0.1) is 0 Å². The molecule has 0 radical (unpaired) electrons. The molecule has 1 aromatic rings. The van der Waals surface area contributed by atoms with Crippen LogP contribution in [0.5, 0.6) is 5.75 Å². The zero-order valence-electron chi connectivity index (χ0n) is 11.6. The molecule has 0 aliphatic heterocycles. The van der Waals surface area contributed by atoms with Crippen LogP contribution < -0.4 is 4.74 Å². The molecule has 0 atom stereocenters. The molecule has 0 fully saturated rings. The highest BCUT2D eigenvalue weighted by Gasteiger charge is 2.14. The van der Waals surface area contributed by atoms with Crippen molar-refractivity contribution >= 4 is 11.9 Å². The molecule has 5 nitrogen and oxygen atoms in total. The Balaban J connectivity index is 2.61. The van der Waals surface area contributed by atoms with E-state index in [4.69, 9.17) is 9.84 Å². The van der Waals surface area contributed by atoms with Gasteiger partial charge in [0.05, 0.1) is 13.5 Å². The predicted molar refractivity (Wildman–Crippen MR) is 71.2 cm³/mol. The van der Waals surface area contributed by atoms with E-state index in [2.05, 4.69) is 0 Å². The largest absolute Gasteiger partial charge is 0.496 e. The SMILES string of the molecule is COc1ccc(F)cc1CC(=O)N(C)CCCC(=O)O. The number of carboxylic acids is 1. The molecule has 0 aliphatic carbocycles. The van der Waals surface area contributed by atoms with Crippen molar-refractivity contribution in [2.75, 3.05) is 20.7 Å². The summed E-state index contributed by atoms with van der Waals surface area (Å²) < 4.78 is 18.3. The number of carboxylic acid groups (broad SMARTS) is 1. The minimum Gasteiger partial charge on any atom is -0.496 e. The van der Waals surface area contributed by atoms with Crippen molar-refractivity contribution in [3.05, 3.63) is 29.6 Å². The van der Waals surface area contributed by atoms with E-state index in [-0.39, 0.29) is 18.7 Å². The maximum Gasteiger partial charge on any atom is 0.303 e. The van der Waals surface area contributed by atoms with Gasteiger partial charge in [0.1, 0.15) is 11.6 Å². The van der Waals surface area contributed by atoms with Crippen LogP contribution in [-0.4, -0.2) is 42.6 Å². The van der Waals surface area contributed by atoms with Crippen LogP contribution in [0.25, 0.3) is 0 Å². The standard InChI is InChI=1S/C14H18FNO4/c1-16(7-3-4-14(18)19)13(17)9-10-8-11(15)5-6-12(10)20-2/h5-6,8H,3-4,7,9H2,1-2H3,(H,18,19). The Hall–Kier alpha value is -2.11. The van der Waals surface area contributed by atoms with Crippen LogP contribution in [-0.2, 0) is 16.0 Å². The van der Waals surface area contributed by atoms with Gasteiger partial charge in [0.15, 0.2) is 0 Å². The number of rotatable bonds is 7. The van der Waals surface area contributed by atoms with Gasteiger partial charge in [0.25, 0.3) is 0 Å². The number of carbonyl (C=O) groups is 2. The molecule has 0 heterocycles. The lowest BCUT2D eigenvalue weighted by molar-refractivity contribution is -0.138. The fourth-order valence-electron chi connectivity index (χ4n) is 1.78. The molecule has 0 bridgehead atoms. The summed E-state index contributed by atoms with van der Waals surface area (Å²) in [5.74, 6) is -1.07. The second kappa shape index (κ2) is 7.47. The van der Waals surface area contributed by atoms with Crippen molar-refractivity contribution in [1.82, 2.24) is 4.90 Å². The van der Waals surface area contributed by atoms with Crippen molar-refractivity contribution in [3.8, 4) is 5.75 Å². The molecule has 1 N–H and O–H groups in total. The van der Waals surface area contributed by atoms with Crippen molar-refractivity contribution in [1.29, 1.82) is 0 Å². The molecule has 0 saturated carbocycles. The van der Waals surface area contributed by atoms with Crippen LogP contribution in [0.3, 0.4) is 0 Å². The number of nitrogens with zero attached hydrogens (tertiary/aromatic N) is 1. The monoisotopic (exact) mass is 283 g/mol. The van der Waals surface area contributed by atoms with E-state index in [1.807, 2.05) is 0 Å². The molecular formula is C14H18FNO4. The first-order valence-electron chi connectivity index (χ1n) is 6.22. The van der Waals surface area contributed by atoms with Crippen LogP contribution in [0.4, 0.5) is 4.39 Å². The van der Waals surface area contributed by atoms with E-state index in [1.165, 1.54) is 30.2 Å². The fraction of sp³-hybridized carbons (Fsp3) is 0.429. The number of methoxy groups -OCH3 is 1. The molecule has 1 amide bonds. The van der Waals surface area contributed by atoms with Crippen molar-refractivity contribution in [3.63, 3.8) is 0 Å². The number of benzene rings is 1. The highest BCUT2D eigenvalue weighted by molar-refractivity contribution is 5.79. The Kier molecular flexibility index (Phi) is 5.96. The highest BCUT2D eigenvalue weighted by atomic mass is 19.1.